The van der Waals surface area contributed by atoms with Crippen LogP contribution in [0.25, 0.3) is 0 Å². The van der Waals surface area contributed by atoms with E-state index in [4.69, 9.17) is 0 Å². The van der Waals surface area contributed by atoms with Crippen LogP contribution in [0.2, 0.25) is 0 Å². The molecule has 0 saturated heterocycles. The van der Waals surface area contributed by atoms with Gasteiger partial charge < -0.3 is 15.2 Å². The van der Waals surface area contributed by atoms with E-state index in [1.807, 2.05) is 0 Å². The average Bonchev–Trinajstić information content (AvgIpc) is 2.89. The molecule has 0 aliphatic carbocycles. The van der Waals surface area contributed by atoms with Gasteiger partial charge in [-0.3, -0.25) is 4.79 Å². The Morgan fingerprint density at radius 1 is 1.39 bits per heavy atom. The van der Waals surface area contributed by atoms with Crippen molar-refractivity contribution in [2.75, 3.05) is 19.4 Å². The van der Waals surface area contributed by atoms with Crippen molar-refractivity contribution in [3.8, 4) is 0 Å². The predicted molar refractivity (Wildman–Crippen MR) is 66.0 cm³/mol. The first-order chi connectivity index (χ1) is 8.66. The van der Waals surface area contributed by atoms with Crippen LogP contribution in [0.3, 0.4) is 0 Å². The van der Waals surface area contributed by atoms with Crippen molar-refractivity contribution in [2.45, 2.75) is 6.54 Å². The number of aromatic nitrogens is 4. The maximum absolute atomic E-state index is 11.6. The van der Waals surface area contributed by atoms with E-state index in [-0.39, 0.29) is 5.91 Å². The number of amides is 1. The number of nitrogens with zero attached hydrogens (tertiary/aromatic N) is 4. The summed E-state index contributed by atoms with van der Waals surface area (Å²) in [6.45, 7) is 0.579. The van der Waals surface area contributed by atoms with Crippen molar-refractivity contribution in [1.29, 1.82) is 0 Å². The molecule has 0 spiro atoms. The SMILES string of the molecule is CN(C)C(=O)c1ccc(NCc2cnc[nH]2)nn1. The van der Waals surface area contributed by atoms with Gasteiger partial charge in [-0.1, -0.05) is 0 Å². The summed E-state index contributed by atoms with van der Waals surface area (Å²) in [6.07, 6.45) is 3.34. The van der Waals surface area contributed by atoms with Crippen LogP contribution < -0.4 is 5.32 Å². The first-order valence-electron chi connectivity index (χ1n) is 5.43. The van der Waals surface area contributed by atoms with Gasteiger partial charge in [0.25, 0.3) is 5.91 Å². The van der Waals surface area contributed by atoms with Gasteiger partial charge in [0.15, 0.2) is 5.69 Å². The lowest BCUT2D eigenvalue weighted by Gasteiger charge is -2.09. The Morgan fingerprint density at radius 2 is 2.22 bits per heavy atom. The zero-order valence-corrected chi connectivity index (χ0v) is 10.2. The zero-order valence-electron chi connectivity index (χ0n) is 10.2. The average molecular weight is 246 g/mol. The van der Waals surface area contributed by atoms with Gasteiger partial charge in [-0.2, -0.15) is 0 Å². The highest BCUT2D eigenvalue weighted by Gasteiger charge is 2.09. The number of carbonyl (C=O) groups excluding carboxylic acids is 1. The summed E-state index contributed by atoms with van der Waals surface area (Å²) in [5, 5.41) is 10.9. The van der Waals surface area contributed by atoms with Crippen LogP contribution in [-0.2, 0) is 6.54 Å². The molecule has 94 valence electrons. The first-order valence-corrected chi connectivity index (χ1v) is 5.43. The third-order valence-corrected chi connectivity index (χ3v) is 2.30. The molecule has 2 aromatic heterocycles. The highest BCUT2D eigenvalue weighted by Crippen LogP contribution is 2.05. The van der Waals surface area contributed by atoms with Crippen molar-refractivity contribution < 1.29 is 4.79 Å². The summed E-state index contributed by atoms with van der Waals surface area (Å²) in [4.78, 5) is 19.9. The van der Waals surface area contributed by atoms with Gasteiger partial charge in [-0.05, 0) is 12.1 Å². The highest BCUT2D eigenvalue weighted by molar-refractivity contribution is 5.91. The van der Waals surface area contributed by atoms with Crippen LogP contribution in [0, 0.1) is 0 Å². The molecule has 0 fully saturated rings. The molecular formula is C11H14N6O. The zero-order chi connectivity index (χ0) is 13.0. The highest BCUT2D eigenvalue weighted by atomic mass is 16.2. The second-order valence-corrected chi connectivity index (χ2v) is 3.93. The van der Waals surface area contributed by atoms with E-state index in [0.717, 1.165) is 5.69 Å². The first kappa shape index (κ1) is 12.0. The molecule has 1 amide bonds. The van der Waals surface area contributed by atoms with Crippen LogP contribution in [0.4, 0.5) is 5.82 Å². The van der Waals surface area contributed by atoms with Crippen LogP contribution in [0.5, 0.6) is 0 Å². The van der Waals surface area contributed by atoms with Crippen molar-refractivity contribution in [3.05, 3.63) is 36.0 Å². The van der Waals surface area contributed by atoms with Gasteiger partial charge in [0.2, 0.25) is 0 Å². The van der Waals surface area contributed by atoms with E-state index in [0.29, 0.717) is 18.1 Å². The summed E-state index contributed by atoms with van der Waals surface area (Å²) < 4.78 is 0. The van der Waals surface area contributed by atoms with E-state index in [1.165, 1.54) is 4.90 Å². The second-order valence-electron chi connectivity index (χ2n) is 3.93. The molecule has 18 heavy (non-hydrogen) atoms. The normalized spacial score (nSPS) is 10.1. The van der Waals surface area contributed by atoms with E-state index in [1.54, 1.807) is 38.8 Å². The summed E-state index contributed by atoms with van der Waals surface area (Å²) in [5.74, 6) is 0.447. The lowest BCUT2D eigenvalue weighted by Crippen LogP contribution is -2.23. The van der Waals surface area contributed by atoms with Crippen molar-refractivity contribution in [1.82, 2.24) is 25.1 Å². The number of anilines is 1. The summed E-state index contributed by atoms with van der Waals surface area (Å²) >= 11 is 0. The second kappa shape index (κ2) is 5.26. The van der Waals surface area contributed by atoms with Crippen LogP contribution in [0.1, 0.15) is 16.2 Å². The fourth-order valence-corrected chi connectivity index (χ4v) is 1.34. The molecule has 0 unspecified atom stereocenters. The van der Waals surface area contributed by atoms with Gasteiger partial charge >= 0.3 is 0 Å². The standard InChI is InChI=1S/C11H14N6O/c1-17(2)11(18)9-3-4-10(16-15-9)13-6-8-5-12-7-14-8/h3-5,7H,6H2,1-2H3,(H,12,14)(H,13,16). The number of hydrogen-bond donors (Lipinski definition) is 2. The summed E-state index contributed by atoms with van der Waals surface area (Å²) in [6, 6.07) is 3.37. The maximum Gasteiger partial charge on any atom is 0.273 e. The van der Waals surface area contributed by atoms with Crippen molar-refractivity contribution in [2.24, 2.45) is 0 Å². The molecule has 7 heteroatoms. The monoisotopic (exact) mass is 246 g/mol. The molecule has 2 N–H and O–H groups in total. The number of aromatic amines is 1. The topological polar surface area (TPSA) is 86.8 Å². The lowest BCUT2D eigenvalue weighted by molar-refractivity contribution is 0.0821. The Bertz CT molecular complexity index is 505. The summed E-state index contributed by atoms with van der Waals surface area (Å²) in [7, 11) is 3.35. The number of H-pyrrole nitrogens is 1. The minimum absolute atomic E-state index is 0.164. The quantitative estimate of drug-likeness (QED) is 0.821. The number of hydrogen-bond acceptors (Lipinski definition) is 5. The van der Waals surface area contributed by atoms with E-state index >= 15 is 0 Å². The fraction of sp³-hybridized carbons (Fsp3) is 0.273. The van der Waals surface area contributed by atoms with Gasteiger partial charge in [-0.15, -0.1) is 10.2 Å². The number of imidazole rings is 1. The van der Waals surface area contributed by atoms with Crippen LogP contribution in [0.15, 0.2) is 24.7 Å². The van der Waals surface area contributed by atoms with Gasteiger partial charge in [0.1, 0.15) is 5.82 Å². The van der Waals surface area contributed by atoms with Gasteiger partial charge in [0.05, 0.1) is 18.6 Å². The molecule has 0 aliphatic heterocycles. The minimum Gasteiger partial charge on any atom is -0.363 e. The number of rotatable bonds is 4. The molecule has 7 nitrogen and oxygen atoms in total. The van der Waals surface area contributed by atoms with E-state index < -0.39 is 0 Å². The molecule has 0 bridgehead atoms. The van der Waals surface area contributed by atoms with Crippen molar-refractivity contribution in [3.63, 3.8) is 0 Å². The Morgan fingerprint density at radius 3 is 2.78 bits per heavy atom. The van der Waals surface area contributed by atoms with Crippen LogP contribution in [-0.4, -0.2) is 45.1 Å². The lowest BCUT2D eigenvalue weighted by atomic mass is 10.3. The largest absolute Gasteiger partial charge is 0.363 e. The van der Waals surface area contributed by atoms with Crippen LogP contribution >= 0.6 is 0 Å². The molecular weight excluding hydrogens is 232 g/mol. The van der Waals surface area contributed by atoms with E-state index in [2.05, 4.69) is 25.5 Å². The molecule has 2 heterocycles. The smallest absolute Gasteiger partial charge is 0.273 e. The molecule has 0 aliphatic rings. The molecule has 0 aromatic carbocycles. The Labute approximate surface area is 104 Å². The summed E-state index contributed by atoms with van der Waals surface area (Å²) in [5.41, 5.74) is 1.28. The molecule has 2 aromatic rings. The van der Waals surface area contributed by atoms with Gasteiger partial charge in [0, 0.05) is 20.3 Å². The third kappa shape index (κ3) is 2.82. The number of carbonyl (C=O) groups is 1. The third-order valence-electron chi connectivity index (χ3n) is 2.30. The van der Waals surface area contributed by atoms with E-state index in [9.17, 15) is 4.79 Å². The Hall–Kier alpha value is -2.44. The molecule has 2 rings (SSSR count). The molecule has 0 atom stereocenters. The Kier molecular flexibility index (Phi) is 3.52. The molecule has 0 saturated carbocycles. The number of nitrogens with one attached hydrogen (secondary N) is 2. The van der Waals surface area contributed by atoms with Crippen molar-refractivity contribution >= 4 is 11.7 Å². The van der Waals surface area contributed by atoms with Gasteiger partial charge in [-0.25, -0.2) is 4.98 Å². The predicted octanol–water partition coefficient (Wildman–Crippen LogP) is 0.514. The fourth-order valence-electron chi connectivity index (χ4n) is 1.34. The Balaban J connectivity index is 1.97. The minimum atomic E-state index is -0.164. The molecule has 0 radical (unpaired) electrons. The maximum atomic E-state index is 11.6.